The molecule has 0 spiro atoms. The minimum Gasteiger partial charge on any atom is -0.392 e. The highest BCUT2D eigenvalue weighted by Gasteiger charge is 2.45. The van der Waals surface area contributed by atoms with Crippen LogP contribution in [-0.2, 0) is 0 Å². The normalized spacial score (nSPS) is 35.1. The van der Waals surface area contributed by atoms with E-state index in [1.165, 1.54) is 29.5 Å². The summed E-state index contributed by atoms with van der Waals surface area (Å²) in [5.41, 5.74) is 4.23. The van der Waals surface area contributed by atoms with Crippen molar-refractivity contribution in [2.45, 2.75) is 37.7 Å². The van der Waals surface area contributed by atoms with Crippen molar-refractivity contribution in [3.8, 4) is 0 Å². The average molecular weight is 174 g/mol. The number of aliphatic hydroxyl groups is 1. The van der Waals surface area contributed by atoms with E-state index in [0.717, 1.165) is 0 Å². The summed E-state index contributed by atoms with van der Waals surface area (Å²) in [4.78, 5) is 0. The predicted molar refractivity (Wildman–Crippen MR) is 51.9 cm³/mol. The van der Waals surface area contributed by atoms with Crippen molar-refractivity contribution in [1.82, 2.24) is 0 Å². The third-order valence-electron chi connectivity index (χ3n) is 3.74. The second kappa shape index (κ2) is 2.36. The van der Waals surface area contributed by atoms with E-state index in [-0.39, 0.29) is 6.10 Å². The highest BCUT2D eigenvalue weighted by atomic mass is 16.3. The van der Waals surface area contributed by atoms with Gasteiger partial charge in [-0.2, -0.15) is 0 Å². The maximum atomic E-state index is 9.97. The predicted octanol–water partition coefficient (Wildman–Crippen LogP) is 2.33. The van der Waals surface area contributed by atoms with Crippen LogP contribution in [0.5, 0.6) is 0 Å². The van der Waals surface area contributed by atoms with Crippen LogP contribution in [0.15, 0.2) is 18.2 Å². The molecule has 68 valence electrons. The molecule has 2 bridgehead atoms. The Bertz CT molecular complexity index is 356. The molecule has 1 fully saturated rings. The van der Waals surface area contributed by atoms with E-state index in [1.807, 2.05) is 0 Å². The van der Waals surface area contributed by atoms with Crippen molar-refractivity contribution in [2.24, 2.45) is 0 Å². The molecule has 1 heteroatoms. The van der Waals surface area contributed by atoms with Crippen molar-refractivity contribution in [2.75, 3.05) is 0 Å². The Morgan fingerprint density at radius 1 is 1.23 bits per heavy atom. The summed E-state index contributed by atoms with van der Waals surface area (Å²) in [6.45, 7) is 2.16. The molecule has 1 aromatic rings. The minimum atomic E-state index is -0.0869. The molecule has 0 aromatic heterocycles. The molecule has 0 saturated heterocycles. The number of rotatable bonds is 0. The standard InChI is InChI=1S/C12H14O/c1-7-3-2-4-8-9-5-6-10(11(7)8)12(9)13/h2-4,9-10,12-13H,5-6H2,1H3. The van der Waals surface area contributed by atoms with Gasteiger partial charge in [0.1, 0.15) is 0 Å². The second-order valence-corrected chi connectivity index (χ2v) is 4.36. The molecule has 2 aliphatic rings. The van der Waals surface area contributed by atoms with Crippen molar-refractivity contribution < 1.29 is 5.11 Å². The van der Waals surface area contributed by atoms with E-state index >= 15 is 0 Å². The molecule has 3 unspecified atom stereocenters. The molecule has 1 nitrogen and oxygen atoms in total. The van der Waals surface area contributed by atoms with E-state index in [9.17, 15) is 5.11 Å². The lowest BCUT2D eigenvalue weighted by Gasteiger charge is -2.15. The molecular formula is C12H14O. The van der Waals surface area contributed by atoms with Crippen LogP contribution in [0.4, 0.5) is 0 Å². The summed E-state index contributed by atoms with van der Waals surface area (Å²) in [5.74, 6) is 0.890. The molecular weight excluding hydrogens is 160 g/mol. The highest BCUT2D eigenvalue weighted by molar-refractivity contribution is 5.47. The lowest BCUT2D eigenvalue weighted by Crippen LogP contribution is -2.08. The monoisotopic (exact) mass is 174 g/mol. The molecule has 1 aromatic carbocycles. The van der Waals surface area contributed by atoms with Crippen LogP contribution < -0.4 is 0 Å². The van der Waals surface area contributed by atoms with Crippen molar-refractivity contribution in [3.05, 3.63) is 34.9 Å². The molecule has 3 atom stereocenters. The summed E-state index contributed by atoms with van der Waals surface area (Å²) in [6.07, 6.45) is 2.28. The summed E-state index contributed by atoms with van der Waals surface area (Å²) in [7, 11) is 0. The van der Waals surface area contributed by atoms with Gasteiger partial charge in [0.25, 0.3) is 0 Å². The largest absolute Gasteiger partial charge is 0.392 e. The van der Waals surface area contributed by atoms with Crippen LogP contribution in [0.2, 0.25) is 0 Å². The first-order valence-electron chi connectivity index (χ1n) is 5.06. The molecule has 3 rings (SSSR count). The fraction of sp³-hybridized carbons (Fsp3) is 0.500. The van der Waals surface area contributed by atoms with Crippen molar-refractivity contribution in [3.63, 3.8) is 0 Å². The summed E-state index contributed by atoms with van der Waals surface area (Å²) in [5, 5.41) is 9.97. The van der Waals surface area contributed by atoms with Crippen LogP contribution >= 0.6 is 0 Å². The average Bonchev–Trinajstić information content (AvgIpc) is 2.61. The molecule has 0 amide bonds. The number of hydrogen-bond donors (Lipinski definition) is 1. The van der Waals surface area contributed by atoms with Crippen LogP contribution in [0.3, 0.4) is 0 Å². The van der Waals surface area contributed by atoms with Crippen molar-refractivity contribution >= 4 is 0 Å². The summed E-state index contributed by atoms with van der Waals surface area (Å²) < 4.78 is 0. The first kappa shape index (κ1) is 7.57. The summed E-state index contributed by atoms with van der Waals surface area (Å²) >= 11 is 0. The van der Waals surface area contributed by atoms with Crippen molar-refractivity contribution in [1.29, 1.82) is 0 Å². The Morgan fingerprint density at radius 3 is 2.77 bits per heavy atom. The van der Waals surface area contributed by atoms with Gasteiger partial charge in [-0.3, -0.25) is 0 Å². The van der Waals surface area contributed by atoms with E-state index < -0.39 is 0 Å². The first-order valence-corrected chi connectivity index (χ1v) is 5.06. The zero-order valence-electron chi connectivity index (χ0n) is 7.83. The van der Waals surface area contributed by atoms with Gasteiger partial charge in [0.05, 0.1) is 6.10 Å². The van der Waals surface area contributed by atoms with E-state index in [4.69, 9.17) is 0 Å². The Balaban J connectivity index is 2.24. The van der Waals surface area contributed by atoms with Crippen LogP contribution in [0.25, 0.3) is 0 Å². The van der Waals surface area contributed by atoms with Gasteiger partial charge >= 0.3 is 0 Å². The quantitative estimate of drug-likeness (QED) is 0.640. The molecule has 0 heterocycles. The van der Waals surface area contributed by atoms with Gasteiger partial charge in [-0.25, -0.2) is 0 Å². The molecule has 0 radical (unpaired) electrons. The maximum Gasteiger partial charge on any atom is 0.0677 e. The van der Waals surface area contributed by atoms with E-state index in [1.54, 1.807) is 0 Å². The maximum absolute atomic E-state index is 9.97. The molecule has 2 aliphatic carbocycles. The number of aliphatic hydroxyl groups excluding tert-OH is 1. The smallest absolute Gasteiger partial charge is 0.0677 e. The third-order valence-corrected chi connectivity index (χ3v) is 3.74. The van der Waals surface area contributed by atoms with Crippen LogP contribution in [0.1, 0.15) is 41.4 Å². The van der Waals surface area contributed by atoms with Gasteiger partial charge in [0.15, 0.2) is 0 Å². The Labute approximate surface area is 78.4 Å². The number of benzene rings is 1. The number of aryl methyl sites for hydroxylation is 1. The Morgan fingerprint density at radius 2 is 2.00 bits per heavy atom. The van der Waals surface area contributed by atoms with Gasteiger partial charge in [-0.05, 0) is 36.5 Å². The van der Waals surface area contributed by atoms with Gasteiger partial charge < -0.3 is 5.11 Å². The zero-order valence-corrected chi connectivity index (χ0v) is 7.83. The van der Waals surface area contributed by atoms with Gasteiger partial charge in [-0.1, -0.05) is 18.2 Å². The molecule has 1 N–H and O–H groups in total. The highest BCUT2D eigenvalue weighted by Crippen LogP contribution is 2.53. The minimum absolute atomic E-state index is 0.0869. The molecule has 1 saturated carbocycles. The fourth-order valence-corrected chi connectivity index (χ4v) is 3.17. The summed E-state index contributed by atoms with van der Waals surface area (Å²) in [6, 6.07) is 6.46. The Kier molecular flexibility index (Phi) is 1.37. The molecule has 13 heavy (non-hydrogen) atoms. The van der Waals surface area contributed by atoms with E-state index in [0.29, 0.717) is 11.8 Å². The first-order chi connectivity index (χ1) is 6.29. The SMILES string of the molecule is Cc1cccc2c1C1CCC2C1O. The Hall–Kier alpha value is -0.820. The van der Waals surface area contributed by atoms with Crippen LogP contribution in [0, 0.1) is 6.92 Å². The number of fused-ring (bicyclic) bond motifs is 5. The van der Waals surface area contributed by atoms with Gasteiger partial charge in [-0.15, -0.1) is 0 Å². The third kappa shape index (κ3) is 0.806. The topological polar surface area (TPSA) is 20.2 Å². The van der Waals surface area contributed by atoms with Crippen LogP contribution in [-0.4, -0.2) is 11.2 Å². The molecule has 0 aliphatic heterocycles. The lowest BCUT2D eigenvalue weighted by atomic mass is 9.89. The van der Waals surface area contributed by atoms with E-state index in [2.05, 4.69) is 25.1 Å². The second-order valence-electron chi connectivity index (χ2n) is 4.36. The number of hydrogen-bond acceptors (Lipinski definition) is 1. The zero-order chi connectivity index (χ0) is 9.00. The fourth-order valence-electron chi connectivity index (χ4n) is 3.17. The van der Waals surface area contributed by atoms with Gasteiger partial charge in [0, 0.05) is 11.8 Å². The lowest BCUT2D eigenvalue weighted by molar-refractivity contribution is 0.159. The van der Waals surface area contributed by atoms with Gasteiger partial charge in [0.2, 0.25) is 0 Å².